The van der Waals surface area contributed by atoms with Crippen LogP contribution in [0.3, 0.4) is 0 Å². The van der Waals surface area contributed by atoms with Crippen molar-refractivity contribution in [1.82, 2.24) is 5.32 Å². The van der Waals surface area contributed by atoms with Crippen LogP contribution in [0.4, 0.5) is 0 Å². The van der Waals surface area contributed by atoms with Gasteiger partial charge in [-0.2, -0.15) is 0 Å². The Hall–Kier alpha value is -0.200. The van der Waals surface area contributed by atoms with E-state index in [0.717, 1.165) is 19.3 Å². The third-order valence-corrected chi connectivity index (χ3v) is 3.08. The number of hydrogen-bond acceptors (Lipinski definition) is 8. The van der Waals surface area contributed by atoms with Gasteiger partial charge >= 0.3 is 71.1 Å². The molecule has 146 valence electrons. The molecule has 10 nitrogen and oxygen atoms in total. The Morgan fingerprint density at radius 2 is 1.56 bits per heavy atom. The molecule has 0 bridgehead atoms. The molecule has 0 unspecified atom stereocenters. The van der Waals surface area contributed by atoms with Crippen molar-refractivity contribution in [2.24, 2.45) is 5.73 Å². The topological polar surface area (TPSA) is 193 Å². The number of rotatable bonds is 13. The first-order chi connectivity index (χ1) is 11.6. The first-order valence-corrected chi connectivity index (χ1v) is 7.96. The fourth-order valence-corrected chi connectivity index (χ4v) is 1.62. The summed E-state index contributed by atoms with van der Waals surface area (Å²) in [6.07, 6.45) is 2.58. The smallest absolute Gasteiger partial charge is 0.550 e. The van der Waals surface area contributed by atoms with Gasteiger partial charge in [0.2, 0.25) is 0 Å². The van der Waals surface area contributed by atoms with Gasteiger partial charge in [0.15, 0.2) is 0 Å². The minimum absolute atomic E-state index is 0. The number of unbranched alkanes of at least 4 members (excludes halogenated alkanes) is 2. The summed E-state index contributed by atoms with van der Waals surface area (Å²) in [7, 11) is 0. The second-order valence-corrected chi connectivity index (χ2v) is 5.32. The molecule has 0 spiro atoms. The van der Waals surface area contributed by atoms with E-state index in [-0.39, 0.29) is 84.8 Å². The Kier molecular flexibility index (Phi) is 28.1. The van der Waals surface area contributed by atoms with Crippen LogP contribution >= 0.6 is 0 Å². The van der Waals surface area contributed by atoms with Crippen molar-refractivity contribution < 1.29 is 98.7 Å². The molecule has 0 saturated heterocycles. The van der Waals surface area contributed by atoms with Crippen molar-refractivity contribution in [2.45, 2.75) is 64.0 Å². The number of carboxylic acid groups (broad SMARTS) is 4. The summed E-state index contributed by atoms with van der Waals surface area (Å²) in [5, 5.41) is 39.7. The van der Waals surface area contributed by atoms with Crippen LogP contribution in [-0.4, -0.2) is 52.7 Å². The van der Waals surface area contributed by atoms with Crippen LogP contribution in [0, 0.1) is 0 Å². The van der Waals surface area contributed by atoms with Crippen LogP contribution in [0.2, 0.25) is 0 Å². The summed E-state index contributed by atoms with van der Waals surface area (Å²) in [6, 6.07) is -1.95. The molecule has 0 rings (SSSR count). The minimum Gasteiger partial charge on any atom is -0.550 e. The second-order valence-electron chi connectivity index (χ2n) is 5.32. The Balaban J connectivity index is -0.000000195. The van der Waals surface area contributed by atoms with Crippen molar-refractivity contribution in [3.63, 3.8) is 0 Å². The summed E-state index contributed by atoms with van der Waals surface area (Å²) in [4.78, 5) is 40.6. The van der Waals surface area contributed by atoms with E-state index in [0.29, 0.717) is 6.54 Å². The summed E-state index contributed by atoms with van der Waals surface area (Å²) < 4.78 is 0. The fourth-order valence-electron chi connectivity index (χ4n) is 1.62. The van der Waals surface area contributed by atoms with Crippen LogP contribution in [0.1, 0.15) is 51.9 Å². The largest absolute Gasteiger partial charge is 1.00 e. The number of carboxylic acids is 4. The zero-order chi connectivity index (χ0) is 19.8. The van der Waals surface area contributed by atoms with Gasteiger partial charge in [-0.25, -0.2) is 0 Å². The first kappa shape index (κ1) is 34.3. The normalized spacial score (nSPS) is 11.5. The van der Waals surface area contributed by atoms with Crippen molar-refractivity contribution in [1.29, 1.82) is 0 Å². The van der Waals surface area contributed by atoms with Gasteiger partial charge in [-0.1, -0.05) is 19.8 Å². The van der Waals surface area contributed by atoms with Crippen molar-refractivity contribution in [3.05, 3.63) is 0 Å². The van der Waals surface area contributed by atoms with Gasteiger partial charge in [0.05, 0.1) is 5.97 Å². The molecule has 0 aliphatic heterocycles. The molecule has 0 heterocycles. The Bertz CT molecular complexity index is 438. The van der Waals surface area contributed by atoms with E-state index >= 15 is 0 Å². The molecular weight excluding hydrogens is 382 g/mol. The molecule has 2 atom stereocenters. The number of aliphatic carboxylic acids is 4. The molecule has 0 aromatic rings. The standard InChI is InChI=1S/C10H19NO4.C5H9NO4.2Na/c1-2-3-4-7-11-8(10(14)15)5-6-9(12)13;6-3(5(9)10)1-2-4(7)8;;/h8,11H,2-7H2,1H3,(H,12,13)(H,14,15);3H,1-2,6H2,(H,7,8)(H,9,10);;/q;;2*+1/p-2/t8-;3-;;/m00../s1. The van der Waals surface area contributed by atoms with Gasteiger partial charge in [-0.3, -0.25) is 9.59 Å². The molecule has 0 saturated carbocycles. The van der Waals surface area contributed by atoms with E-state index in [1.807, 2.05) is 0 Å². The predicted molar refractivity (Wildman–Crippen MR) is 83.0 cm³/mol. The van der Waals surface area contributed by atoms with Crippen LogP contribution in [0.15, 0.2) is 0 Å². The Morgan fingerprint density at radius 1 is 1.00 bits per heavy atom. The van der Waals surface area contributed by atoms with Crippen molar-refractivity contribution in [2.75, 3.05) is 6.54 Å². The molecule has 0 radical (unpaired) electrons. The van der Waals surface area contributed by atoms with Crippen LogP contribution in [0.5, 0.6) is 0 Å². The van der Waals surface area contributed by atoms with Gasteiger partial charge in [0, 0.05) is 18.4 Å². The maximum atomic E-state index is 10.7. The number of carbonyl (C=O) groups excluding carboxylic acids is 2. The van der Waals surface area contributed by atoms with E-state index < -0.39 is 36.0 Å². The van der Waals surface area contributed by atoms with E-state index in [2.05, 4.69) is 12.2 Å². The van der Waals surface area contributed by atoms with Crippen molar-refractivity contribution in [3.8, 4) is 0 Å². The third-order valence-electron chi connectivity index (χ3n) is 3.08. The summed E-state index contributed by atoms with van der Waals surface area (Å²) in [6.45, 7) is 2.70. The molecule has 5 N–H and O–H groups in total. The molecule has 0 aliphatic carbocycles. The zero-order valence-corrected chi connectivity index (χ0v) is 20.2. The van der Waals surface area contributed by atoms with Gasteiger partial charge in [0.25, 0.3) is 0 Å². The molecule has 0 aromatic heterocycles. The monoisotopic (exact) mass is 408 g/mol. The third kappa shape index (κ3) is 25.8. The van der Waals surface area contributed by atoms with Gasteiger partial charge in [0.1, 0.15) is 6.04 Å². The van der Waals surface area contributed by atoms with Gasteiger partial charge in [-0.05, 0) is 32.2 Å². The summed E-state index contributed by atoms with van der Waals surface area (Å²) >= 11 is 0. The maximum absolute atomic E-state index is 10.7. The fraction of sp³-hybridized carbons (Fsp3) is 0.733. The van der Waals surface area contributed by atoms with Crippen LogP contribution in [-0.2, 0) is 19.2 Å². The number of nitrogens with one attached hydrogen (secondary N) is 1. The van der Waals surface area contributed by atoms with Gasteiger partial charge < -0.3 is 41.1 Å². The Morgan fingerprint density at radius 3 is 1.93 bits per heavy atom. The maximum Gasteiger partial charge on any atom is 1.00 e. The van der Waals surface area contributed by atoms with Crippen molar-refractivity contribution >= 4 is 23.9 Å². The van der Waals surface area contributed by atoms with E-state index in [1.165, 1.54) is 0 Å². The van der Waals surface area contributed by atoms with E-state index in [1.54, 1.807) is 0 Å². The van der Waals surface area contributed by atoms with Gasteiger partial charge in [-0.15, -0.1) is 0 Å². The SMILES string of the molecule is CCCCCN[C@@H](CCC(=O)O)C(=O)O.N[C@@H](CCC(=O)[O-])C(=O)[O-].[Na+].[Na+]. The Labute approximate surface area is 202 Å². The van der Waals surface area contributed by atoms with Crippen LogP contribution < -0.4 is 80.4 Å². The van der Waals surface area contributed by atoms with E-state index in [4.69, 9.17) is 15.9 Å². The first-order valence-electron chi connectivity index (χ1n) is 7.96. The molecule has 0 fully saturated rings. The quantitative estimate of drug-likeness (QED) is 0.168. The van der Waals surface area contributed by atoms with Crippen LogP contribution in [0.25, 0.3) is 0 Å². The average Bonchev–Trinajstić information content (AvgIpc) is 2.51. The molecule has 0 amide bonds. The average molecular weight is 408 g/mol. The zero-order valence-electron chi connectivity index (χ0n) is 16.2. The molecular formula is C15H26N2Na2O8. The minimum atomic E-state index is -1.44. The summed E-state index contributed by atoms with van der Waals surface area (Å²) in [5.74, 6) is -4.69. The number of nitrogens with two attached hydrogens (primary N) is 1. The molecule has 0 aromatic carbocycles. The summed E-state index contributed by atoms with van der Waals surface area (Å²) in [5.41, 5.74) is 4.91. The predicted octanol–water partition coefficient (Wildman–Crippen LogP) is -8.31. The second kappa shape index (κ2) is 22.1. The number of carbonyl (C=O) groups is 4. The number of hydrogen-bond donors (Lipinski definition) is 4. The molecule has 12 heteroatoms. The molecule has 27 heavy (non-hydrogen) atoms. The van der Waals surface area contributed by atoms with E-state index in [9.17, 15) is 29.4 Å². The molecule has 0 aliphatic rings.